The smallest absolute Gasteiger partial charge is 0.191 e. The Morgan fingerprint density at radius 2 is 2.00 bits per heavy atom. The van der Waals surface area contributed by atoms with Crippen LogP contribution in [0.5, 0.6) is 0 Å². The number of aromatic nitrogens is 4. The average Bonchev–Trinajstić information content (AvgIpc) is 3.18. The lowest BCUT2D eigenvalue weighted by molar-refractivity contribution is 0.102. The highest BCUT2D eigenvalue weighted by atomic mass is 35.5. The minimum Gasteiger partial charge on any atom is -0.383 e. The van der Waals surface area contributed by atoms with E-state index in [0.717, 1.165) is 29.1 Å². The van der Waals surface area contributed by atoms with Gasteiger partial charge in [0.05, 0.1) is 17.4 Å². The molecule has 28 heavy (non-hydrogen) atoms. The van der Waals surface area contributed by atoms with Crippen molar-refractivity contribution in [1.29, 1.82) is 0 Å². The molecule has 0 atom stereocenters. The Hall–Kier alpha value is -2.09. The summed E-state index contributed by atoms with van der Waals surface area (Å²) in [5.41, 5.74) is 3.59. The van der Waals surface area contributed by atoms with Crippen molar-refractivity contribution in [3.8, 4) is 11.4 Å². The van der Waals surface area contributed by atoms with Gasteiger partial charge in [0, 0.05) is 43.2 Å². The molecule has 0 spiro atoms. The summed E-state index contributed by atoms with van der Waals surface area (Å²) >= 11 is 7.64. The van der Waals surface area contributed by atoms with Gasteiger partial charge in [-0.2, -0.15) is 0 Å². The highest BCUT2D eigenvalue weighted by Crippen LogP contribution is 2.28. The topological polar surface area (TPSA) is 61.9 Å². The molecule has 6 nitrogen and oxygen atoms in total. The normalized spacial score (nSPS) is 11.2. The van der Waals surface area contributed by atoms with Gasteiger partial charge in [-0.1, -0.05) is 35.5 Å². The second kappa shape index (κ2) is 8.94. The van der Waals surface area contributed by atoms with Crippen molar-refractivity contribution < 1.29 is 9.53 Å². The zero-order chi connectivity index (χ0) is 20.3. The summed E-state index contributed by atoms with van der Waals surface area (Å²) in [4.78, 5) is 12.8. The first-order chi connectivity index (χ1) is 13.4. The van der Waals surface area contributed by atoms with Crippen LogP contribution in [-0.2, 0) is 18.3 Å². The molecule has 1 aromatic carbocycles. The van der Waals surface area contributed by atoms with Crippen LogP contribution < -0.4 is 0 Å². The first-order valence-corrected chi connectivity index (χ1v) is 10.3. The maximum atomic E-state index is 12.8. The van der Waals surface area contributed by atoms with Crippen LogP contribution in [0, 0.1) is 13.8 Å². The summed E-state index contributed by atoms with van der Waals surface area (Å²) in [5, 5.41) is 9.77. The highest BCUT2D eigenvalue weighted by molar-refractivity contribution is 7.99. The number of carbonyl (C=O) groups excluding carboxylic acids is 1. The van der Waals surface area contributed by atoms with Gasteiger partial charge in [-0.05, 0) is 32.0 Å². The lowest BCUT2D eigenvalue weighted by atomic mass is 10.2. The molecule has 0 N–H and O–H groups in total. The van der Waals surface area contributed by atoms with Gasteiger partial charge in [0.2, 0.25) is 0 Å². The number of aryl methyl sites for hydroxylation is 1. The van der Waals surface area contributed by atoms with Gasteiger partial charge in [-0.25, -0.2) is 0 Å². The van der Waals surface area contributed by atoms with Crippen LogP contribution in [0.2, 0.25) is 5.02 Å². The van der Waals surface area contributed by atoms with E-state index in [9.17, 15) is 4.79 Å². The Balaban J connectivity index is 1.73. The number of rotatable bonds is 8. The molecule has 0 fully saturated rings. The van der Waals surface area contributed by atoms with Crippen LogP contribution >= 0.6 is 23.4 Å². The van der Waals surface area contributed by atoms with Crippen molar-refractivity contribution in [2.24, 2.45) is 7.05 Å². The molecule has 0 unspecified atom stereocenters. The van der Waals surface area contributed by atoms with Crippen LogP contribution in [0.3, 0.4) is 0 Å². The Labute approximate surface area is 173 Å². The van der Waals surface area contributed by atoms with Gasteiger partial charge < -0.3 is 13.9 Å². The van der Waals surface area contributed by atoms with Crippen LogP contribution in [0.1, 0.15) is 21.7 Å². The second-order valence-electron chi connectivity index (χ2n) is 6.49. The van der Waals surface area contributed by atoms with Gasteiger partial charge in [0.15, 0.2) is 16.8 Å². The summed E-state index contributed by atoms with van der Waals surface area (Å²) in [6.07, 6.45) is 0. The molecule has 0 aliphatic rings. The number of halogens is 1. The monoisotopic (exact) mass is 418 g/mol. The average molecular weight is 419 g/mol. The Morgan fingerprint density at radius 1 is 1.25 bits per heavy atom. The van der Waals surface area contributed by atoms with E-state index in [1.807, 2.05) is 55.8 Å². The van der Waals surface area contributed by atoms with Gasteiger partial charge in [-0.3, -0.25) is 4.79 Å². The number of nitrogens with zero attached hydrogens (tertiary/aromatic N) is 4. The summed E-state index contributed by atoms with van der Waals surface area (Å²) in [6.45, 7) is 5.32. The third kappa shape index (κ3) is 4.16. The Kier molecular flexibility index (Phi) is 6.59. The van der Waals surface area contributed by atoms with Crippen LogP contribution in [-0.4, -0.2) is 44.6 Å². The molecule has 0 saturated heterocycles. The van der Waals surface area contributed by atoms with E-state index >= 15 is 0 Å². The molecular formula is C20H23ClN4O2S. The van der Waals surface area contributed by atoms with E-state index in [2.05, 4.69) is 14.8 Å². The van der Waals surface area contributed by atoms with Gasteiger partial charge in [0.25, 0.3) is 0 Å². The summed E-state index contributed by atoms with van der Waals surface area (Å²) in [6, 6.07) is 9.45. The van der Waals surface area contributed by atoms with Crippen molar-refractivity contribution in [3.63, 3.8) is 0 Å². The minimum atomic E-state index is 0.0732. The van der Waals surface area contributed by atoms with E-state index in [-0.39, 0.29) is 5.78 Å². The Bertz CT molecular complexity index is 996. The van der Waals surface area contributed by atoms with E-state index in [0.29, 0.717) is 28.4 Å². The molecule has 0 aliphatic heterocycles. The molecule has 3 aromatic rings. The molecule has 0 saturated carbocycles. The molecule has 0 radical (unpaired) electrons. The van der Waals surface area contributed by atoms with Crippen molar-refractivity contribution in [2.75, 3.05) is 19.5 Å². The molecule has 2 aromatic heterocycles. The quantitative estimate of drug-likeness (QED) is 0.405. The number of hydrogen-bond acceptors (Lipinski definition) is 5. The summed E-state index contributed by atoms with van der Waals surface area (Å²) in [5.74, 6) is 1.05. The third-order valence-corrected chi connectivity index (χ3v) is 6.02. The van der Waals surface area contributed by atoms with Gasteiger partial charge >= 0.3 is 0 Å². The van der Waals surface area contributed by atoms with Gasteiger partial charge in [0.1, 0.15) is 0 Å². The van der Waals surface area contributed by atoms with E-state index in [1.165, 1.54) is 11.8 Å². The first kappa shape index (κ1) is 20.6. The third-order valence-electron chi connectivity index (χ3n) is 4.68. The SMILES string of the molecule is COCCn1c(C)cc(C(=O)CSc2nnc(-c3ccccc3Cl)n2C)c1C. The zero-order valence-corrected chi connectivity index (χ0v) is 18.0. The lowest BCUT2D eigenvalue weighted by Crippen LogP contribution is -2.10. The fourth-order valence-corrected chi connectivity index (χ4v) is 4.15. The predicted molar refractivity (Wildman–Crippen MR) is 112 cm³/mol. The summed E-state index contributed by atoms with van der Waals surface area (Å²) in [7, 11) is 3.55. The molecule has 0 amide bonds. The second-order valence-corrected chi connectivity index (χ2v) is 7.84. The molecule has 0 aliphatic carbocycles. The number of carbonyl (C=O) groups is 1. The fraction of sp³-hybridized carbons (Fsp3) is 0.350. The van der Waals surface area contributed by atoms with E-state index in [4.69, 9.17) is 16.3 Å². The molecule has 3 rings (SSSR count). The number of benzene rings is 1. The van der Waals surface area contributed by atoms with Crippen LogP contribution in [0.4, 0.5) is 0 Å². The maximum absolute atomic E-state index is 12.8. The number of thioether (sulfide) groups is 1. The number of ether oxygens (including phenoxy) is 1. The van der Waals surface area contributed by atoms with Crippen LogP contribution in [0.15, 0.2) is 35.5 Å². The molecule has 8 heteroatoms. The fourth-order valence-electron chi connectivity index (χ4n) is 3.14. The van der Waals surface area contributed by atoms with Crippen molar-refractivity contribution in [3.05, 3.63) is 52.3 Å². The van der Waals surface area contributed by atoms with Crippen molar-refractivity contribution in [1.82, 2.24) is 19.3 Å². The zero-order valence-electron chi connectivity index (χ0n) is 16.4. The number of ketones is 1. The van der Waals surface area contributed by atoms with Crippen molar-refractivity contribution >= 4 is 29.1 Å². The maximum Gasteiger partial charge on any atom is 0.191 e. The highest BCUT2D eigenvalue weighted by Gasteiger charge is 2.18. The molecule has 0 bridgehead atoms. The lowest BCUT2D eigenvalue weighted by Gasteiger charge is -2.08. The standard InChI is InChI=1S/C20H23ClN4O2S/c1-13-11-16(14(2)25(13)9-10-27-4)18(26)12-28-20-23-22-19(24(20)3)15-7-5-6-8-17(15)21/h5-8,11H,9-10,12H2,1-4H3. The van der Waals surface area contributed by atoms with Gasteiger partial charge in [-0.15, -0.1) is 10.2 Å². The van der Waals surface area contributed by atoms with Crippen LogP contribution in [0.25, 0.3) is 11.4 Å². The van der Waals surface area contributed by atoms with E-state index in [1.54, 1.807) is 7.11 Å². The van der Waals surface area contributed by atoms with E-state index < -0.39 is 0 Å². The number of methoxy groups -OCH3 is 1. The number of Topliss-reactive ketones (excluding diaryl/α,β-unsaturated/α-hetero) is 1. The number of hydrogen-bond donors (Lipinski definition) is 0. The van der Waals surface area contributed by atoms with Crippen molar-refractivity contribution in [2.45, 2.75) is 25.5 Å². The molecule has 148 valence electrons. The Morgan fingerprint density at radius 3 is 2.71 bits per heavy atom. The largest absolute Gasteiger partial charge is 0.383 e. The first-order valence-electron chi connectivity index (χ1n) is 8.90. The minimum absolute atomic E-state index is 0.0732. The summed E-state index contributed by atoms with van der Waals surface area (Å²) < 4.78 is 9.13. The molecule has 2 heterocycles. The predicted octanol–water partition coefficient (Wildman–Crippen LogP) is 4.18. The molecular weight excluding hydrogens is 396 g/mol.